The molecule has 12 nitrogen and oxygen atoms in total. The average molecular weight is 679 g/mol. The molecular formula is C36H47FN6O6. The molecule has 13 heteroatoms. The normalized spacial score (nSPS) is 15.2. The van der Waals surface area contributed by atoms with Crippen LogP contribution >= 0.6 is 0 Å². The molecule has 2 atom stereocenters. The highest BCUT2D eigenvalue weighted by Crippen LogP contribution is 2.27. The van der Waals surface area contributed by atoms with E-state index in [9.17, 15) is 19.2 Å². The van der Waals surface area contributed by atoms with Gasteiger partial charge in [-0.05, 0) is 65.0 Å². The fourth-order valence-electron chi connectivity index (χ4n) is 5.28. The summed E-state index contributed by atoms with van der Waals surface area (Å²) < 4.78 is 27.7. The lowest BCUT2D eigenvalue weighted by atomic mass is 9.97. The van der Waals surface area contributed by atoms with Crippen LogP contribution in [0.15, 0.2) is 67.1 Å². The molecule has 4 rings (SSSR count). The maximum absolute atomic E-state index is 15.1. The van der Waals surface area contributed by atoms with Crippen LogP contribution in [0.5, 0.6) is 0 Å². The number of nitrogens with one attached hydrogen (secondary N) is 3. The highest BCUT2D eigenvalue weighted by Gasteiger charge is 2.35. The van der Waals surface area contributed by atoms with Crippen molar-refractivity contribution < 1.29 is 33.0 Å². The number of carbonyl (C=O) groups excluding carboxylic acids is 4. The molecule has 1 saturated heterocycles. The molecule has 0 bridgehead atoms. The number of amides is 4. The summed E-state index contributed by atoms with van der Waals surface area (Å²) in [5.74, 6) is -1.54. The molecule has 0 saturated carbocycles. The Balaban J connectivity index is 1.53. The number of carbonyl (C=O) groups is 4. The van der Waals surface area contributed by atoms with E-state index in [1.165, 1.54) is 37.0 Å². The SMILES string of the molecule is CC1CCN(C(=O)C(c2ccccc2F)n2cnc(NC(=O)C(COCc3ccccc3)NC(=O)C(C)(C)NC(=O)OC(C)(C)C)c2)CC1. The molecule has 264 valence electrons. The van der Waals surface area contributed by atoms with E-state index >= 15 is 4.39 Å². The van der Waals surface area contributed by atoms with Crippen molar-refractivity contribution in [2.45, 2.75) is 84.2 Å². The Bertz CT molecular complexity index is 1600. The Morgan fingerprint density at radius 2 is 1.63 bits per heavy atom. The first-order valence-corrected chi connectivity index (χ1v) is 16.4. The van der Waals surface area contributed by atoms with Crippen molar-refractivity contribution in [3.63, 3.8) is 0 Å². The van der Waals surface area contributed by atoms with Crippen LogP contribution in [0.2, 0.25) is 0 Å². The molecule has 2 aromatic carbocycles. The fourth-order valence-corrected chi connectivity index (χ4v) is 5.28. The Morgan fingerprint density at radius 1 is 0.980 bits per heavy atom. The van der Waals surface area contributed by atoms with Gasteiger partial charge in [0.2, 0.25) is 11.8 Å². The third-order valence-corrected chi connectivity index (χ3v) is 8.08. The minimum atomic E-state index is -1.46. The van der Waals surface area contributed by atoms with E-state index < -0.39 is 46.9 Å². The summed E-state index contributed by atoms with van der Waals surface area (Å²) in [6.07, 6.45) is 3.73. The molecule has 1 fully saturated rings. The number of hydrogen-bond donors (Lipinski definition) is 3. The zero-order chi connectivity index (χ0) is 35.8. The van der Waals surface area contributed by atoms with Gasteiger partial charge in [-0.25, -0.2) is 14.2 Å². The lowest BCUT2D eigenvalue weighted by molar-refractivity contribution is -0.135. The molecule has 3 N–H and O–H groups in total. The number of benzene rings is 2. The van der Waals surface area contributed by atoms with Crippen molar-refractivity contribution in [2.75, 3.05) is 25.0 Å². The van der Waals surface area contributed by atoms with E-state index in [1.54, 1.807) is 43.9 Å². The maximum atomic E-state index is 15.1. The lowest BCUT2D eigenvalue weighted by Crippen LogP contribution is -2.59. The number of aromatic nitrogens is 2. The third kappa shape index (κ3) is 10.6. The number of imidazole rings is 1. The van der Waals surface area contributed by atoms with Crippen LogP contribution in [0.1, 0.15) is 71.6 Å². The van der Waals surface area contributed by atoms with Gasteiger partial charge in [0, 0.05) is 24.8 Å². The molecular weight excluding hydrogens is 631 g/mol. The monoisotopic (exact) mass is 678 g/mol. The van der Waals surface area contributed by atoms with E-state index in [1.807, 2.05) is 30.3 Å². The predicted octanol–water partition coefficient (Wildman–Crippen LogP) is 4.81. The summed E-state index contributed by atoms with van der Waals surface area (Å²) in [6.45, 7) is 11.3. The highest BCUT2D eigenvalue weighted by molar-refractivity contribution is 5.98. The van der Waals surface area contributed by atoms with Crippen molar-refractivity contribution in [3.8, 4) is 0 Å². The molecule has 1 aliphatic heterocycles. The van der Waals surface area contributed by atoms with Crippen LogP contribution < -0.4 is 16.0 Å². The number of hydrogen-bond acceptors (Lipinski definition) is 7. The summed E-state index contributed by atoms with van der Waals surface area (Å²) in [7, 11) is 0. The van der Waals surface area contributed by atoms with Crippen molar-refractivity contribution >= 4 is 29.6 Å². The molecule has 49 heavy (non-hydrogen) atoms. The Morgan fingerprint density at radius 3 is 2.29 bits per heavy atom. The minimum Gasteiger partial charge on any atom is -0.444 e. The number of alkyl carbamates (subject to hydrolysis) is 1. The van der Waals surface area contributed by atoms with Crippen molar-refractivity contribution in [2.24, 2.45) is 5.92 Å². The molecule has 1 aliphatic rings. The number of ether oxygens (including phenoxy) is 2. The second-order valence-electron chi connectivity index (χ2n) is 13.9. The first kappa shape index (κ1) is 37.0. The van der Waals surface area contributed by atoms with E-state index in [-0.39, 0.29) is 30.5 Å². The Labute approximate surface area is 286 Å². The Hall–Kier alpha value is -4.78. The van der Waals surface area contributed by atoms with Gasteiger partial charge < -0.3 is 34.9 Å². The van der Waals surface area contributed by atoms with E-state index in [4.69, 9.17) is 9.47 Å². The lowest BCUT2D eigenvalue weighted by Gasteiger charge is -2.33. The van der Waals surface area contributed by atoms with Crippen LogP contribution in [-0.4, -0.2) is 75.1 Å². The van der Waals surface area contributed by atoms with Crippen molar-refractivity contribution in [3.05, 3.63) is 84.1 Å². The van der Waals surface area contributed by atoms with Crippen LogP contribution in [-0.2, 0) is 30.5 Å². The van der Waals surface area contributed by atoms with Crippen molar-refractivity contribution in [1.82, 2.24) is 25.1 Å². The summed E-state index contributed by atoms with van der Waals surface area (Å²) in [6, 6.07) is 13.2. The molecule has 0 aliphatic carbocycles. The van der Waals surface area contributed by atoms with Gasteiger partial charge >= 0.3 is 6.09 Å². The molecule has 1 aromatic heterocycles. The minimum absolute atomic E-state index is 0.0832. The van der Waals surface area contributed by atoms with Crippen molar-refractivity contribution in [1.29, 1.82) is 0 Å². The van der Waals surface area contributed by atoms with Gasteiger partial charge in [-0.3, -0.25) is 14.4 Å². The maximum Gasteiger partial charge on any atom is 0.408 e. The zero-order valence-electron chi connectivity index (χ0n) is 29.0. The van der Waals surface area contributed by atoms with Crippen LogP contribution in [0, 0.1) is 11.7 Å². The summed E-state index contributed by atoms with van der Waals surface area (Å²) >= 11 is 0. The van der Waals surface area contributed by atoms with Gasteiger partial charge in [0.05, 0.1) is 19.5 Å². The zero-order valence-corrected chi connectivity index (χ0v) is 29.0. The topological polar surface area (TPSA) is 144 Å². The smallest absolute Gasteiger partial charge is 0.408 e. The van der Waals surface area contributed by atoms with Gasteiger partial charge in [0.15, 0.2) is 5.82 Å². The van der Waals surface area contributed by atoms with Gasteiger partial charge in [-0.15, -0.1) is 0 Å². The first-order chi connectivity index (χ1) is 23.1. The number of halogens is 1. The highest BCUT2D eigenvalue weighted by atomic mass is 19.1. The first-order valence-electron chi connectivity index (χ1n) is 16.4. The molecule has 2 heterocycles. The summed E-state index contributed by atoms with van der Waals surface area (Å²) in [5.41, 5.74) is -1.19. The van der Waals surface area contributed by atoms with Gasteiger partial charge in [0.1, 0.15) is 29.0 Å². The second kappa shape index (κ2) is 16.1. The molecule has 0 radical (unpaired) electrons. The van der Waals surface area contributed by atoms with E-state index in [0.717, 1.165) is 18.4 Å². The predicted molar refractivity (Wildman–Crippen MR) is 182 cm³/mol. The average Bonchev–Trinajstić information content (AvgIpc) is 3.48. The number of rotatable bonds is 12. The quantitative estimate of drug-likeness (QED) is 0.249. The van der Waals surface area contributed by atoms with Gasteiger partial charge in [0.25, 0.3) is 5.91 Å². The number of piperidine rings is 1. The second-order valence-corrected chi connectivity index (χ2v) is 13.9. The number of likely N-dealkylation sites (tertiary alicyclic amines) is 1. The molecule has 0 spiro atoms. The summed E-state index contributed by atoms with van der Waals surface area (Å²) in [5, 5.41) is 7.89. The number of nitrogens with zero attached hydrogens (tertiary/aromatic N) is 3. The van der Waals surface area contributed by atoms with E-state index in [0.29, 0.717) is 19.0 Å². The largest absolute Gasteiger partial charge is 0.444 e. The molecule has 4 amide bonds. The number of anilines is 1. The van der Waals surface area contributed by atoms with Crippen LogP contribution in [0.25, 0.3) is 0 Å². The third-order valence-electron chi connectivity index (χ3n) is 8.08. The molecule has 2 unspecified atom stereocenters. The fraction of sp³-hybridized carbons (Fsp3) is 0.472. The van der Waals surface area contributed by atoms with Crippen LogP contribution in [0.3, 0.4) is 0 Å². The molecule has 3 aromatic rings. The Kier molecular flexibility index (Phi) is 12.2. The van der Waals surface area contributed by atoms with Gasteiger partial charge in [-0.1, -0.05) is 55.5 Å². The summed E-state index contributed by atoms with van der Waals surface area (Å²) in [4.78, 5) is 59.3. The standard InChI is InChI=1S/C36H47FN6O6/c1-24-16-18-42(19-17-24)32(45)30(26-14-10-11-15-27(26)37)43-20-29(38-23-43)40-31(44)28(22-48-21-25-12-8-7-9-13-25)39-33(46)36(5,6)41-34(47)49-35(2,3)4/h7-15,20,23-24,28,30H,16-19,21-22H2,1-6H3,(H,39,46)(H,40,44)(H,41,47). The van der Waals surface area contributed by atoms with E-state index in [2.05, 4.69) is 27.9 Å². The van der Waals surface area contributed by atoms with Crippen LogP contribution in [0.4, 0.5) is 15.0 Å². The van der Waals surface area contributed by atoms with Gasteiger partial charge in [-0.2, -0.15) is 0 Å².